The summed E-state index contributed by atoms with van der Waals surface area (Å²) in [5, 5.41) is 2.53. The number of hydrogen-bond donors (Lipinski definition) is 1. The second-order valence-electron chi connectivity index (χ2n) is 6.27. The summed E-state index contributed by atoms with van der Waals surface area (Å²) in [6.45, 7) is -0.788. The Morgan fingerprint density at radius 2 is 1.90 bits per heavy atom. The van der Waals surface area contributed by atoms with Crippen molar-refractivity contribution in [2.45, 2.75) is 0 Å². The molecule has 3 aromatic rings. The zero-order chi connectivity index (χ0) is 21.5. The van der Waals surface area contributed by atoms with Gasteiger partial charge in [0, 0.05) is 24.9 Å². The Hall–Kier alpha value is -4.01. The third-order valence-electron chi connectivity index (χ3n) is 3.94. The lowest BCUT2D eigenvalue weighted by Crippen LogP contribution is -2.37. The van der Waals surface area contributed by atoms with Crippen LogP contribution in [0.3, 0.4) is 0 Å². The molecule has 0 atom stereocenters. The van der Waals surface area contributed by atoms with Crippen molar-refractivity contribution < 1.29 is 27.9 Å². The summed E-state index contributed by atoms with van der Waals surface area (Å²) >= 11 is 0. The molecule has 0 fully saturated rings. The number of likely N-dealkylation sites (N-methyl/N-ethyl adjacent to an activating group) is 1. The van der Waals surface area contributed by atoms with Crippen molar-refractivity contribution >= 4 is 40.6 Å². The Bertz CT molecular complexity index is 1060. The van der Waals surface area contributed by atoms with E-state index in [2.05, 4.69) is 10.3 Å². The highest BCUT2D eigenvalue weighted by Gasteiger charge is 2.15. The quantitative estimate of drug-likeness (QED) is 0.474. The fraction of sp³-hybridized carbons (Fsp3) is 0.143. The number of benzene rings is 2. The number of carbonyl (C=O) groups excluding carboxylic acids is 3. The van der Waals surface area contributed by atoms with E-state index in [0.29, 0.717) is 16.8 Å². The van der Waals surface area contributed by atoms with E-state index >= 15 is 0 Å². The Labute approximate surface area is 170 Å². The number of aromatic nitrogens is 1. The van der Waals surface area contributed by atoms with E-state index in [0.717, 1.165) is 11.0 Å². The molecule has 0 radical (unpaired) electrons. The van der Waals surface area contributed by atoms with Crippen LogP contribution in [0.1, 0.15) is 5.89 Å². The standard InChI is InChI=1S/C21H18FN3O5/c1-25(12-18(26)23-15-8-6-14(22)7-9-15)20(27)13-29-21(28)11-10-19-24-16-4-2-3-5-17(16)30-19/h2-11H,12-13H2,1H3,(H,23,26)/b11-10+. The van der Waals surface area contributed by atoms with E-state index < -0.39 is 30.2 Å². The van der Waals surface area contributed by atoms with Crippen LogP contribution < -0.4 is 5.32 Å². The van der Waals surface area contributed by atoms with Crippen molar-refractivity contribution in [2.24, 2.45) is 0 Å². The minimum absolute atomic E-state index is 0.231. The molecule has 0 aliphatic carbocycles. The number of para-hydroxylation sites is 2. The lowest BCUT2D eigenvalue weighted by Gasteiger charge is -2.16. The number of amides is 2. The highest BCUT2D eigenvalue weighted by atomic mass is 19.1. The van der Waals surface area contributed by atoms with Crippen LogP contribution >= 0.6 is 0 Å². The average Bonchev–Trinajstić information content (AvgIpc) is 3.15. The van der Waals surface area contributed by atoms with Gasteiger partial charge in [-0.15, -0.1) is 0 Å². The third kappa shape index (κ3) is 5.74. The van der Waals surface area contributed by atoms with Gasteiger partial charge in [-0.25, -0.2) is 14.2 Å². The van der Waals surface area contributed by atoms with E-state index in [4.69, 9.17) is 9.15 Å². The largest absolute Gasteiger partial charge is 0.452 e. The summed E-state index contributed by atoms with van der Waals surface area (Å²) in [6, 6.07) is 12.4. The number of ether oxygens (including phenoxy) is 1. The van der Waals surface area contributed by atoms with Crippen molar-refractivity contribution in [3.63, 3.8) is 0 Å². The fourth-order valence-corrected chi connectivity index (χ4v) is 2.43. The average molecular weight is 411 g/mol. The van der Waals surface area contributed by atoms with E-state index in [1.54, 1.807) is 18.2 Å². The first kappa shape index (κ1) is 20.7. The number of nitrogens with zero attached hydrogens (tertiary/aromatic N) is 2. The summed E-state index contributed by atoms with van der Waals surface area (Å²) in [7, 11) is 1.40. The molecule has 1 N–H and O–H groups in total. The van der Waals surface area contributed by atoms with Gasteiger partial charge < -0.3 is 19.4 Å². The molecule has 0 saturated heterocycles. The molecule has 2 aromatic carbocycles. The van der Waals surface area contributed by atoms with Gasteiger partial charge in [-0.05, 0) is 36.4 Å². The molecule has 0 unspecified atom stereocenters. The number of halogens is 1. The van der Waals surface area contributed by atoms with Crippen molar-refractivity contribution in [3.8, 4) is 0 Å². The first-order valence-corrected chi connectivity index (χ1v) is 8.90. The molecule has 0 spiro atoms. The maximum atomic E-state index is 12.9. The SMILES string of the molecule is CN(CC(=O)Nc1ccc(F)cc1)C(=O)COC(=O)/C=C/c1nc2ccccc2o1. The number of fused-ring (bicyclic) bond motifs is 1. The molecule has 0 bridgehead atoms. The predicted octanol–water partition coefficient (Wildman–Crippen LogP) is 2.62. The first-order chi connectivity index (χ1) is 14.4. The number of oxazole rings is 1. The number of hydrogen-bond acceptors (Lipinski definition) is 6. The highest BCUT2D eigenvalue weighted by Crippen LogP contribution is 2.15. The Balaban J connectivity index is 1.43. The molecule has 0 aliphatic heterocycles. The van der Waals surface area contributed by atoms with Gasteiger partial charge in [0.1, 0.15) is 11.3 Å². The van der Waals surface area contributed by atoms with Crippen LogP contribution in [0.4, 0.5) is 10.1 Å². The zero-order valence-corrected chi connectivity index (χ0v) is 16.0. The van der Waals surface area contributed by atoms with Gasteiger partial charge in [-0.3, -0.25) is 9.59 Å². The Kier molecular flexibility index (Phi) is 6.53. The molecular formula is C21H18FN3O5. The minimum atomic E-state index is -0.755. The number of carbonyl (C=O) groups is 3. The van der Waals surface area contributed by atoms with Crippen LogP contribution in [0.15, 0.2) is 59.0 Å². The number of esters is 1. The van der Waals surface area contributed by atoms with E-state index in [1.165, 1.54) is 37.4 Å². The maximum Gasteiger partial charge on any atom is 0.331 e. The summed E-state index contributed by atoms with van der Waals surface area (Å²) < 4.78 is 23.2. The zero-order valence-electron chi connectivity index (χ0n) is 16.0. The smallest absolute Gasteiger partial charge is 0.331 e. The molecular weight excluding hydrogens is 393 g/mol. The number of rotatable bonds is 7. The molecule has 0 aliphatic rings. The maximum absolute atomic E-state index is 12.9. The molecule has 8 nitrogen and oxygen atoms in total. The van der Waals surface area contributed by atoms with Gasteiger partial charge in [0.2, 0.25) is 11.8 Å². The van der Waals surface area contributed by atoms with Gasteiger partial charge >= 0.3 is 5.97 Å². The molecule has 1 heterocycles. The van der Waals surface area contributed by atoms with Gasteiger partial charge in [0.05, 0.1) is 6.54 Å². The molecule has 1 aromatic heterocycles. The van der Waals surface area contributed by atoms with Gasteiger partial charge in [0.25, 0.3) is 5.91 Å². The van der Waals surface area contributed by atoms with Crippen molar-refractivity contribution in [1.29, 1.82) is 0 Å². The summed E-state index contributed by atoms with van der Waals surface area (Å²) in [4.78, 5) is 41.1. The highest BCUT2D eigenvalue weighted by molar-refractivity contribution is 5.95. The third-order valence-corrected chi connectivity index (χ3v) is 3.94. The van der Waals surface area contributed by atoms with Crippen molar-refractivity contribution in [3.05, 3.63) is 66.3 Å². The van der Waals surface area contributed by atoms with Crippen LogP contribution in [-0.4, -0.2) is 47.9 Å². The van der Waals surface area contributed by atoms with Crippen molar-refractivity contribution in [1.82, 2.24) is 9.88 Å². The predicted molar refractivity (Wildman–Crippen MR) is 107 cm³/mol. The molecule has 154 valence electrons. The monoisotopic (exact) mass is 411 g/mol. The van der Waals surface area contributed by atoms with Crippen LogP contribution in [-0.2, 0) is 19.1 Å². The van der Waals surface area contributed by atoms with Crippen molar-refractivity contribution in [2.75, 3.05) is 25.5 Å². The van der Waals surface area contributed by atoms with E-state index in [9.17, 15) is 18.8 Å². The fourth-order valence-electron chi connectivity index (χ4n) is 2.43. The Morgan fingerprint density at radius 3 is 2.63 bits per heavy atom. The summed E-state index contributed by atoms with van der Waals surface area (Å²) in [5.74, 6) is -1.98. The van der Waals surface area contributed by atoms with E-state index in [1.807, 2.05) is 6.07 Å². The van der Waals surface area contributed by atoms with Crippen LogP contribution in [0.5, 0.6) is 0 Å². The van der Waals surface area contributed by atoms with Gasteiger partial charge in [0.15, 0.2) is 12.2 Å². The summed E-state index contributed by atoms with van der Waals surface area (Å²) in [6.07, 6.45) is 2.44. The molecule has 3 rings (SSSR count). The summed E-state index contributed by atoms with van der Waals surface area (Å²) in [5.41, 5.74) is 1.64. The van der Waals surface area contributed by atoms with Crippen LogP contribution in [0.2, 0.25) is 0 Å². The van der Waals surface area contributed by atoms with Crippen LogP contribution in [0, 0.1) is 5.82 Å². The van der Waals surface area contributed by atoms with Gasteiger partial charge in [-0.2, -0.15) is 0 Å². The topological polar surface area (TPSA) is 102 Å². The van der Waals surface area contributed by atoms with Crippen LogP contribution in [0.25, 0.3) is 17.2 Å². The number of anilines is 1. The lowest BCUT2D eigenvalue weighted by atomic mass is 10.3. The second kappa shape index (κ2) is 9.46. The van der Waals surface area contributed by atoms with Gasteiger partial charge in [-0.1, -0.05) is 12.1 Å². The lowest BCUT2D eigenvalue weighted by molar-refractivity contribution is -0.148. The second-order valence-corrected chi connectivity index (χ2v) is 6.27. The molecule has 0 saturated carbocycles. The Morgan fingerprint density at radius 1 is 1.17 bits per heavy atom. The minimum Gasteiger partial charge on any atom is -0.452 e. The molecule has 30 heavy (non-hydrogen) atoms. The molecule has 2 amide bonds. The number of nitrogens with one attached hydrogen (secondary N) is 1. The normalized spacial score (nSPS) is 10.9. The first-order valence-electron chi connectivity index (χ1n) is 8.90. The van der Waals surface area contributed by atoms with E-state index in [-0.39, 0.29) is 12.4 Å². The molecule has 9 heteroatoms.